The van der Waals surface area contributed by atoms with E-state index >= 15 is 0 Å². The molecule has 0 saturated carbocycles. The minimum Gasteiger partial charge on any atom is -0.359 e. The van der Waals surface area contributed by atoms with Crippen LogP contribution in [0.25, 0.3) is 10.9 Å². The van der Waals surface area contributed by atoms with Gasteiger partial charge in [0.05, 0.1) is 5.75 Å². The number of benzene rings is 1. The van der Waals surface area contributed by atoms with Crippen LogP contribution in [-0.2, 0) is 16.6 Å². The molecule has 2 N–H and O–H groups in total. The molecule has 2 rings (SSSR count). The van der Waals surface area contributed by atoms with Crippen molar-refractivity contribution in [3.63, 3.8) is 0 Å². The molecule has 0 aliphatic carbocycles. The van der Waals surface area contributed by atoms with E-state index in [1.165, 1.54) is 0 Å². The number of H-pyrrole nitrogens is 1. The number of aryl methyl sites for hydroxylation is 1. The Kier molecular flexibility index (Phi) is 3.73. The molecule has 0 bridgehead atoms. The van der Waals surface area contributed by atoms with Gasteiger partial charge in [-0.3, -0.25) is 0 Å². The molecule has 98 valence electrons. The molecule has 0 fully saturated rings. The van der Waals surface area contributed by atoms with Gasteiger partial charge in [-0.15, -0.1) is 0 Å². The van der Waals surface area contributed by atoms with Crippen LogP contribution in [-0.4, -0.2) is 19.2 Å². The van der Waals surface area contributed by atoms with Gasteiger partial charge in [0.2, 0.25) is 10.0 Å². The SMILES string of the molecule is CCCS(=O)(=O)NCc1ccc2[nH]c(C)cc2c1. The third-order valence-corrected chi connectivity index (χ3v) is 4.32. The van der Waals surface area contributed by atoms with Crippen LogP contribution < -0.4 is 4.72 Å². The number of rotatable bonds is 5. The predicted molar refractivity (Wildman–Crippen MR) is 74.0 cm³/mol. The molecule has 5 heteroatoms. The molecular formula is C13H18N2O2S. The van der Waals surface area contributed by atoms with Crippen molar-refractivity contribution < 1.29 is 8.42 Å². The third-order valence-electron chi connectivity index (χ3n) is 2.79. The summed E-state index contributed by atoms with van der Waals surface area (Å²) in [5.41, 5.74) is 3.16. The number of nitrogens with one attached hydrogen (secondary N) is 2. The van der Waals surface area contributed by atoms with Gasteiger partial charge < -0.3 is 4.98 Å². The van der Waals surface area contributed by atoms with E-state index in [0.29, 0.717) is 13.0 Å². The van der Waals surface area contributed by atoms with E-state index in [2.05, 4.69) is 15.8 Å². The predicted octanol–water partition coefficient (Wildman–Crippen LogP) is 2.31. The summed E-state index contributed by atoms with van der Waals surface area (Å²) in [6, 6.07) is 7.98. The lowest BCUT2D eigenvalue weighted by atomic mass is 10.1. The highest BCUT2D eigenvalue weighted by Crippen LogP contribution is 2.16. The van der Waals surface area contributed by atoms with Crippen LogP contribution in [0.3, 0.4) is 0 Å². The molecule has 0 atom stereocenters. The molecule has 0 aliphatic heterocycles. The quantitative estimate of drug-likeness (QED) is 0.872. The molecule has 1 aromatic heterocycles. The molecule has 0 spiro atoms. The Morgan fingerprint density at radius 2 is 2.06 bits per heavy atom. The Bertz CT molecular complexity index is 644. The lowest BCUT2D eigenvalue weighted by Crippen LogP contribution is -2.25. The lowest BCUT2D eigenvalue weighted by molar-refractivity contribution is 0.580. The van der Waals surface area contributed by atoms with E-state index in [0.717, 1.165) is 22.2 Å². The number of sulfonamides is 1. The summed E-state index contributed by atoms with van der Waals surface area (Å²) >= 11 is 0. The van der Waals surface area contributed by atoms with Gasteiger partial charge in [-0.2, -0.15) is 0 Å². The number of aromatic nitrogens is 1. The van der Waals surface area contributed by atoms with Crippen molar-refractivity contribution in [3.8, 4) is 0 Å². The molecule has 18 heavy (non-hydrogen) atoms. The standard InChI is InChI=1S/C13H18N2O2S/c1-3-6-18(16,17)14-9-11-4-5-13-12(8-11)7-10(2)15-13/h4-5,7-8,14-15H,3,6,9H2,1-2H3. The first kappa shape index (κ1) is 13.1. The highest BCUT2D eigenvalue weighted by atomic mass is 32.2. The average Bonchev–Trinajstić information content (AvgIpc) is 2.65. The van der Waals surface area contributed by atoms with E-state index in [9.17, 15) is 8.42 Å². The number of hydrogen-bond acceptors (Lipinski definition) is 2. The maximum atomic E-state index is 11.6. The van der Waals surface area contributed by atoms with Crippen LogP contribution in [0.2, 0.25) is 0 Å². The van der Waals surface area contributed by atoms with Gasteiger partial charge in [0.15, 0.2) is 0 Å². The minimum absolute atomic E-state index is 0.179. The van der Waals surface area contributed by atoms with Crippen molar-refractivity contribution in [2.24, 2.45) is 0 Å². The Balaban J connectivity index is 2.12. The van der Waals surface area contributed by atoms with E-state index in [1.807, 2.05) is 32.0 Å². The average molecular weight is 266 g/mol. The van der Waals surface area contributed by atoms with Crippen molar-refractivity contribution in [1.82, 2.24) is 9.71 Å². The lowest BCUT2D eigenvalue weighted by Gasteiger charge is -2.05. The monoisotopic (exact) mass is 266 g/mol. The summed E-state index contributed by atoms with van der Waals surface area (Å²) in [5, 5.41) is 1.11. The van der Waals surface area contributed by atoms with Gasteiger partial charge in [0, 0.05) is 17.8 Å². The number of hydrogen-bond donors (Lipinski definition) is 2. The van der Waals surface area contributed by atoms with Gasteiger partial charge >= 0.3 is 0 Å². The van der Waals surface area contributed by atoms with E-state index in [4.69, 9.17) is 0 Å². The minimum atomic E-state index is -3.14. The van der Waals surface area contributed by atoms with Crippen molar-refractivity contribution >= 4 is 20.9 Å². The fourth-order valence-corrected chi connectivity index (χ4v) is 3.04. The fraction of sp³-hybridized carbons (Fsp3) is 0.385. The second-order valence-electron chi connectivity index (χ2n) is 4.51. The van der Waals surface area contributed by atoms with Gasteiger partial charge in [-0.1, -0.05) is 13.0 Å². The Labute approximate surface area is 107 Å². The highest BCUT2D eigenvalue weighted by Gasteiger charge is 2.08. The zero-order valence-corrected chi connectivity index (χ0v) is 11.5. The largest absolute Gasteiger partial charge is 0.359 e. The maximum absolute atomic E-state index is 11.6. The third kappa shape index (κ3) is 3.11. The Morgan fingerprint density at radius 3 is 2.78 bits per heavy atom. The van der Waals surface area contributed by atoms with Crippen LogP contribution in [0.1, 0.15) is 24.6 Å². The van der Waals surface area contributed by atoms with E-state index < -0.39 is 10.0 Å². The molecule has 1 heterocycles. The zero-order valence-electron chi connectivity index (χ0n) is 10.7. The van der Waals surface area contributed by atoms with Crippen LogP contribution in [0.5, 0.6) is 0 Å². The summed E-state index contributed by atoms with van der Waals surface area (Å²) in [7, 11) is -3.14. The first-order valence-electron chi connectivity index (χ1n) is 6.06. The summed E-state index contributed by atoms with van der Waals surface area (Å²) < 4.78 is 25.7. The normalized spacial score (nSPS) is 12.1. The summed E-state index contributed by atoms with van der Waals surface area (Å²) in [4.78, 5) is 3.24. The van der Waals surface area contributed by atoms with Crippen LogP contribution in [0.15, 0.2) is 24.3 Å². The molecular weight excluding hydrogens is 248 g/mol. The van der Waals surface area contributed by atoms with Crippen molar-refractivity contribution in [3.05, 3.63) is 35.5 Å². The number of fused-ring (bicyclic) bond motifs is 1. The number of aromatic amines is 1. The molecule has 0 radical (unpaired) electrons. The first-order valence-corrected chi connectivity index (χ1v) is 7.71. The van der Waals surface area contributed by atoms with Gasteiger partial charge in [-0.05, 0) is 42.5 Å². The molecule has 2 aromatic rings. The fourth-order valence-electron chi connectivity index (χ4n) is 1.97. The van der Waals surface area contributed by atoms with Crippen LogP contribution in [0, 0.1) is 6.92 Å². The first-order chi connectivity index (χ1) is 8.50. The van der Waals surface area contributed by atoms with Gasteiger partial charge in [-0.25, -0.2) is 13.1 Å². The van der Waals surface area contributed by atoms with Gasteiger partial charge in [0.1, 0.15) is 0 Å². The molecule has 0 aliphatic rings. The zero-order chi connectivity index (χ0) is 13.2. The molecule has 0 unspecified atom stereocenters. The van der Waals surface area contributed by atoms with Crippen molar-refractivity contribution in [2.45, 2.75) is 26.8 Å². The van der Waals surface area contributed by atoms with Crippen molar-refractivity contribution in [2.75, 3.05) is 5.75 Å². The van der Waals surface area contributed by atoms with Crippen LogP contribution >= 0.6 is 0 Å². The molecule has 1 aromatic carbocycles. The van der Waals surface area contributed by atoms with E-state index in [-0.39, 0.29) is 5.75 Å². The maximum Gasteiger partial charge on any atom is 0.211 e. The van der Waals surface area contributed by atoms with Crippen molar-refractivity contribution in [1.29, 1.82) is 0 Å². The van der Waals surface area contributed by atoms with Gasteiger partial charge in [0.25, 0.3) is 0 Å². The summed E-state index contributed by atoms with van der Waals surface area (Å²) in [6.45, 7) is 4.21. The molecule has 0 amide bonds. The topological polar surface area (TPSA) is 62.0 Å². The smallest absolute Gasteiger partial charge is 0.211 e. The molecule has 0 saturated heterocycles. The molecule has 4 nitrogen and oxygen atoms in total. The highest BCUT2D eigenvalue weighted by molar-refractivity contribution is 7.89. The van der Waals surface area contributed by atoms with E-state index in [1.54, 1.807) is 0 Å². The summed E-state index contributed by atoms with van der Waals surface area (Å²) in [6.07, 6.45) is 0.630. The second kappa shape index (κ2) is 5.12. The Hall–Kier alpha value is -1.33. The second-order valence-corrected chi connectivity index (χ2v) is 6.44. The Morgan fingerprint density at radius 1 is 1.28 bits per heavy atom. The summed E-state index contributed by atoms with van der Waals surface area (Å²) in [5.74, 6) is 0.179. The van der Waals surface area contributed by atoms with Crippen LogP contribution in [0.4, 0.5) is 0 Å².